The lowest BCUT2D eigenvalue weighted by molar-refractivity contribution is 0.207. The van der Waals surface area contributed by atoms with E-state index in [2.05, 4.69) is 6.08 Å². The maximum atomic E-state index is 9.51. The fourth-order valence-electron chi connectivity index (χ4n) is 1.85. The first-order chi connectivity index (χ1) is 6.39. The van der Waals surface area contributed by atoms with E-state index in [1.807, 2.05) is 6.08 Å². The molecular weight excluding hydrogens is 160 g/mol. The van der Waals surface area contributed by atoms with Crippen molar-refractivity contribution in [3.63, 3.8) is 0 Å². The lowest BCUT2D eigenvalue weighted by atomic mass is 10.0. The number of aliphatic hydroxyl groups excluding tert-OH is 1. The van der Waals surface area contributed by atoms with Gasteiger partial charge in [-0.25, -0.2) is 0 Å². The lowest BCUT2D eigenvalue weighted by Gasteiger charge is -2.07. The van der Waals surface area contributed by atoms with Crippen LogP contribution in [-0.2, 0) is 0 Å². The molecule has 0 aromatic heterocycles. The standard InChI is InChI=1S/C12H22O/c13-12-10-8-6-4-2-1-3-5-7-9-11-12/h8,10,12-13H,1-7,9,11H2/b10-8-/t12-/m1/s1. The Morgan fingerprint density at radius 2 is 1.46 bits per heavy atom. The maximum Gasteiger partial charge on any atom is 0.0720 e. The van der Waals surface area contributed by atoms with Gasteiger partial charge >= 0.3 is 0 Å². The van der Waals surface area contributed by atoms with Gasteiger partial charge in [0, 0.05) is 0 Å². The van der Waals surface area contributed by atoms with Gasteiger partial charge in [0.05, 0.1) is 6.10 Å². The average molecular weight is 182 g/mol. The van der Waals surface area contributed by atoms with Crippen molar-refractivity contribution in [3.8, 4) is 0 Å². The smallest absolute Gasteiger partial charge is 0.0720 e. The molecule has 0 aromatic rings. The SMILES string of the molecule is O[C@@H]1/C=C\CCCCCCCCC1. The van der Waals surface area contributed by atoms with Crippen molar-refractivity contribution < 1.29 is 5.11 Å². The summed E-state index contributed by atoms with van der Waals surface area (Å²) < 4.78 is 0. The molecule has 0 radical (unpaired) electrons. The summed E-state index contributed by atoms with van der Waals surface area (Å²) in [6, 6.07) is 0. The van der Waals surface area contributed by atoms with Crippen LogP contribution >= 0.6 is 0 Å². The van der Waals surface area contributed by atoms with Crippen LogP contribution in [0.4, 0.5) is 0 Å². The third kappa shape index (κ3) is 5.87. The molecule has 1 aliphatic carbocycles. The van der Waals surface area contributed by atoms with Crippen LogP contribution in [0.2, 0.25) is 0 Å². The first kappa shape index (κ1) is 10.8. The van der Waals surface area contributed by atoms with Crippen molar-refractivity contribution in [3.05, 3.63) is 12.2 Å². The maximum absolute atomic E-state index is 9.51. The summed E-state index contributed by atoms with van der Waals surface area (Å²) >= 11 is 0. The predicted molar refractivity (Wildman–Crippen MR) is 56.7 cm³/mol. The highest BCUT2D eigenvalue weighted by Crippen LogP contribution is 2.13. The largest absolute Gasteiger partial charge is 0.389 e. The number of hydrogen-bond acceptors (Lipinski definition) is 1. The van der Waals surface area contributed by atoms with Gasteiger partial charge in [-0.15, -0.1) is 0 Å². The van der Waals surface area contributed by atoms with Gasteiger partial charge in [0.1, 0.15) is 0 Å². The molecule has 0 aliphatic heterocycles. The van der Waals surface area contributed by atoms with Gasteiger partial charge in [0.25, 0.3) is 0 Å². The van der Waals surface area contributed by atoms with E-state index in [-0.39, 0.29) is 6.10 Å². The van der Waals surface area contributed by atoms with Crippen LogP contribution in [0.15, 0.2) is 12.2 Å². The Morgan fingerprint density at radius 3 is 2.23 bits per heavy atom. The Hall–Kier alpha value is -0.300. The average Bonchev–Trinajstić information content (AvgIpc) is 2.11. The fourth-order valence-corrected chi connectivity index (χ4v) is 1.85. The number of allylic oxidation sites excluding steroid dienone is 1. The van der Waals surface area contributed by atoms with Gasteiger partial charge < -0.3 is 5.11 Å². The van der Waals surface area contributed by atoms with E-state index >= 15 is 0 Å². The quantitative estimate of drug-likeness (QED) is 0.569. The summed E-state index contributed by atoms with van der Waals surface area (Å²) in [4.78, 5) is 0. The summed E-state index contributed by atoms with van der Waals surface area (Å²) in [5, 5.41) is 9.51. The third-order valence-corrected chi connectivity index (χ3v) is 2.73. The Kier molecular flexibility index (Phi) is 5.92. The van der Waals surface area contributed by atoms with E-state index in [1.54, 1.807) is 0 Å². The minimum absolute atomic E-state index is 0.181. The first-order valence-electron chi connectivity index (χ1n) is 5.74. The highest BCUT2D eigenvalue weighted by Gasteiger charge is 1.99. The molecule has 0 bridgehead atoms. The first-order valence-corrected chi connectivity index (χ1v) is 5.74. The fraction of sp³-hybridized carbons (Fsp3) is 0.833. The molecule has 1 aliphatic rings. The molecule has 1 nitrogen and oxygen atoms in total. The van der Waals surface area contributed by atoms with Gasteiger partial charge in [-0.2, -0.15) is 0 Å². The Labute approximate surface area is 81.9 Å². The zero-order valence-corrected chi connectivity index (χ0v) is 8.54. The summed E-state index contributed by atoms with van der Waals surface area (Å²) in [6.45, 7) is 0. The Balaban J connectivity index is 2.22. The normalized spacial score (nSPS) is 30.1. The van der Waals surface area contributed by atoms with E-state index < -0.39 is 0 Å². The molecule has 1 rings (SSSR count). The zero-order valence-electron chi connectivity index (χ0n) is 8.54. The molecule has 0 spiro atoms. The molecule has 1 heteroatoms. The van der Waals surface area contributed by atoms with Crippen LogP contribution in [-0.4, -0.2) is 11.2 Å². The minimum Gasteiger partial charge on any atom is -0.389 e. The minimum atomic E-state index is -0.181. The molecule has 0 unspecified atom stereocenters. The predicted octanol–water partition coefficient (Wildman–Crippen LogP) is 3.43. The van der Waals surface area contributed by atoms with Gasteiger partial charge in [-0.3, -0.25) is 0 Å². The highest BCUT2D eigenvalue weighted by atomic mass is 16.3. The van der Waals surface area contributed by atoms with Crippen LogP contribution in [0.5, 0.6) is 0 Å². The summed E-state index contributed by atoms with van der Waals surface area (Å²) in [5.41, 5.74) is 0. The van der Waals surface area contributed by atoms with Crippen LogP contribution in [0.3, 0.4) is 0 Å². The molecule has 0 saturated heterocycles. The molecular formula is C12H22O. The van der Waals surface area contributed by atoms with E-state index in [0.717, 1.165) is 12.8 Å². The lowest BCUT2D eigenvalue weighted by Crippen LogP contribution is -2.01. The van der Waals surface area contributed by atoms with Crippen LogP contribution < -0.4 is 0 Å². The van der Waals surface area contributed by atoms with E-state index in [9.17, 15) is 5.11 Å². The van der Waals surface area contributed by atoms with Gasteiger partial charge in [-0.05, 0) is 19.3 Å². The molecule has 13 heavy (non-hydrogen) atoms. The second-order valence-corrected chi connectivity index (χ2v) is 4.05. The van der Waals surface area contributed by atoms with Crippen LogP contribution in [0.1, 0.15) is 57.8 Å². The molecule has 1 atom stereocenters. The summed E-state index contributed by atoms with van der Waals surface area (Å²) in [5.74, 6) is 0. The molecule has 0 heterocycles. The number of aliphatic hydroxyl groups is 1. The third-order valence-electron chi connectivity index (χ3n) is 2.73. The highest BCUT2D eigenvalue weighted by molar-refractivity contribution is 4.88. The number of rotatable bonds is 0. The van der Waals surface area contributed by atoms with Gasteiger partial charge in [-0.1, -0.05) is 50.7 Å². The van der Waals surface area contributed by atoms with Crippen LogP contribution in [0.25, 0.3) is 0 Å². The molecule has 0 aromatic carbocycles. The molecule has 0 fully saturated rings. The van der Waals surface area contributed by atoms with Crippen LogP contribution in [0, 0.1) is 0 Å². The number of hydrogen-bond donors (Lipinski definition) is 1. The zero-order chi connectivity index (χ0) is 9.36. The summed E-state index contributed by atoms with van der Waals surface area (Å²) in [6.07, 6.45) is 15.3. The summed E-state index contributed by atoms with van der Waals surface area (Å²) in [7, 11) is 0. The van der Waals surface area contributed by atoms with E-state index in [4.69, 9.17) is 0 Å². The van der Waals surface area contributed by atoms with E-state index in [1.165, 1.54) is 44.9 Å². The van der Waals surface area contributed by atoms with Crippen molar-refractivity contribution in [2.24, 2.45) is 0 Å². The van der Waals surface area contributed by atoms with Crippen molar-refractivity contribution >= 4 is 0 Å². The molecule has 0 saturated carbocycles. The van der Waals surface area contributed by atoms with Crippen molar-refractivity contribution in [1.29, 1.82) is 0 Å². The van der Waals surface area contributed by atoms with Crippen molar-refractivity contribution in [1.82, 2.24) is 0 Å². The molecule has 76 valence electrons. The van der Waals surface area contributed by atoms with Crippen molar-refractivity contribution in [2.75, 3.05) is 0 Å². The second-order valence-electron chi connectivity index (χ2n) is 4.05. The Bertz CT molecular complexity index is 140. The Morgan fingerprint density at radius 1 is 0.846 bits per heavy atom. The van der Waals surface area contributed by atoms with Crippen molar-refractivity contribution in [2.45, 2.75) is 63.9 Å². The monoisotopic (exact) mass is 182 g/mol. The molecule has 0 amide bonds. The van der Waals surface area contributed by atoms with E-state index in [0.29, 0.717) is 0 Å². The van der Waals surface area contributed by atoms with Gasteiger partial charge in [0.15, 0.2) is 0 Å². The topological polar surface area (TPSA) is 20.2 Å². The molecule has 1 N–H and O–H groups in total. The second kappa shape index (κ2) is 7.14. The van der Waals surface area contributed by atoms with Gasteiger partial charge in [0.2, 0.25) is 0 Å².